The molecule has 3 rings (SSSR count). The summed E-state index contributed by atoms with van der Waals surface area (Å²) in [4.78, 5) is 16.2. The number of carbonyl (C=O) groups excluding carboxylic acids is 1. The smallest absolute Gasteiger partial charge is 0.277 e. The maximum absolute atomic E-state index is 12.3. The summed E-state index contributed by atoms with van der Waals surface area (Å²) in [6.07, 6.45) is 3.20. The van der Waals surface area contributed by atoms with Crippen molar-refractivity contribution in [2.24, 2.45) is 0 Å². The Morgan fingerprint density at radius 3 is 2.68 bits per heavy atom. The third kappa shape index (κ3) is 3.23. The molecule has 6 heteroatoms. The normalized spacial score (nSPS) is 12.0. The van der Waals surface area contributed by atoms with E-state index in [4.69, 9.17) is 4.42 Å². The summed E-state index contributed by atoms with van der Waals surface area (Å²) in [5, 5.41) is 8.05. The number of pyridine rings is 1. The minimum absolute atomic E-state index is 0.0161. The van der Waals surface area contributed by atoms with Crippen LogP contribution in [-0.4, -0.2) is 26.2 Å². The molecule has 1 atom stereocenters. The van der Waals surface area contributed by atoms with Gasteiger partial charge in [-0.05, 0) is 31.2 Å². The Balaban J connectivity index is 1.71. The highest BCUT2D eigenvalue weighted by Gasteiger charge is 2.20. The first kappa shape index (κ1) is 14.5. The number of hydrogen-bond donors (Lipinski definition) is 0. The first-order chi connectivity index (χ1) is 10.7. The van der Waals surface area contributed by atoms with Gasteiger partial charge in [-0.2, -0.15) is 0 Å². The van der Waals surface area contributed by atoms with Gasteiger partial charge in [0.1, 0.15) is 0 Å². The van der Waals surface area contributed by atoms with E-state index >= 15 is 0 Å². The third-order valence-electron chi connectivity index (χ3n) is 3.02. The standard InChI is InChI=1S/C16H13N3O2S/c1-11(14(20)13-8-5-9-17-10-13)22-16-19-18-15(21-16)12-6-3-2-4-7-12/h2-11H,1H3/t11-/m1/s1. The maximum atomic E-state index is 12.3. The van der Waals surface area contributed by atoms with Crippen LogP contribution in [0.4, 0.5) is 0 Å². The summed E-state index contributed by atoms with van der Waals surface area (Å²) >= 11 is 1.24. The number of thioether (sulfide) groups is 1. The molecule has 0 saturated carbocycles. The van der Waals surface area contributed by atoms with Crippen LogP contribution in [0.1, 0.15) is 17.3 Å². The number of nitrogens with zero attached hydrogens (tertiary/aromatic N) is 3. The number of carbonyl (C=O) groups is 1. The topological polar surface area (TPSA) is 68.9 Å². The number of rotatable bonds is 5. The first-order valence-corrected chi connectivity index (χ1v) is 7.62. The first-order valence-electron chi connectivity index (χ1n) is 6.74. The molecule has 0 N–H and O–H groups in total. The Kier molecular flexibility index (Phi) is 4.29. The van der Waals surface area contributed by atoms with E-state index in [0.29, 0.717) is 16.7 Å². The van der Waals surface area contributed by atoms with Crippen molar-refractivity contribution in [2.75, 3.05) is 0 Å². The number of benzene rings is 1. The van der Waals surface area contributed by atoms with Crippen molar-refractivity contribution in [1.29, 1.82) is 0 Å². The third-order valence-corrected chi connectivity index (χ3v) is 3.95. The van der Waals surface area contributed by atoms with Crippen LogP contribution in [0.5, 0.6) is 0 Å². The molecule has 22 heavy (non-hydrogen) atoms. The van der Waals surface area contributed by atoms with E-state index in [1.807, 2.05) is 37.3 Å². The van der Waals surface area contributed by atoms with Crippen molar-refractivity contribution >= 4 is 17.5 Å². The monoisotopic (exact) mass is 311 g/mol. The molecular weight excluding hydrogens is 298 g/mol. The molecule has 0 bridgehead atoms. The molecule has 0 amide bonds. The van der Waals surface area contributed by atoms with Gasteiger partial charge >= 0.3 is 0 Å². The lowest BCUT2D eigenvalue weighted by Gasteiger charge is -2.06. The lowest BCUT2D eigenvalue weighted by atomic mass is 10.1. The molecule has 110 valence electrons. The molecule has 0 unspecified atom stereocenters. The van der Waals surface area contributed by atoms with Gasteiger partial charge < -0.3 is 4.42 Å². The quantitative estimate of drug-likeness (QED) is 0.530. The number of ketones is 1. The predicted octanol–water partition coefficient (Wildman–Crippen LogP) is 3.50. The molecule has 0 aliphatic heterocycles. The van der Waals surface area contributed by atoms with Crippen LogP contribution >= 0.6 is 11.8 Å². The highest BCUT2D eigenvalue weighted by molar-refractivity contribution is 8.00. The van der Waals surface area contributed by atoms with E-state index in [0.717, 1.165) is 5.56 Å². The van der Waals surface area contributed by atoms with Crippen LogP contribution in [0.15, 0.2) is 64.5 Å². The molecule has 0 aliphatic rings. The van der Waals surface area contributed by atoms with Crippen molar-refractivity contribution in [3.05, 3.63) is 60.4 Å². The molecular formula is C16H13N3O2S. The van der Waals surface area contributed by atoms with Gasteiger partial charge in [-0.3, -0.25) is 9.78 Å². The lowest BCUT2D eigenvalue weighted by Crippen LogP contribution is -2.13. The maximum Gasteiger partial charge on any atom is 0.277 e. The van der Waals surface area contributed by atoms with Crippen LogP contribution < -0.4 is 0 Å². The van der Waals surface area contributed by atoms with E-state index in [1.54, 1.807) is 24.5 Å². The van der Waals surface area contributed by atoms with Gasteiger partial charge in [0.05, 0.1) is 5.25 Å². The zero-order valence-corrected chi connectivity index (χ0v) is 12.7. The lowest BCUT2D eigenvalue weighted by molar-refractivity contribution is 0.0993. The molecule has 2 heterocycles. The van der Waals surface area contributed by atoms with Crippen LogP contribution in [0.3, 0.4) is 0 Å². The van der Waals surface area contributed by atoms with Crippen LogP contribution in [0.2, 0.25) is 0 Å². The van der Waals surface area contributed by atoms with E-state index in [9.17, 15) is 4.79 Å². The summed E-state index contributed by atoms with van der Waals surface area (Å²) in [7, 11) is 0. The molecule has 0 spiro atoms. The van der Waals surface area contributed by atoms with Crippen LogP contribution in [-0.2, 0) is 0 Å². The Morgan fingerprint density at radius 1 is 1.14 bits per heavy atom. The van der Waals surface area contributed by atoms with Crippen molar-refractivity contribution in [3.63, 3.8) is 0 Å². The molecule has 3 aromatic rings. The highest BCUT2D eigenvalue weighted by atomic mass is 32.2. The molecule has 0 saturated heterocycles. The molecule has 5 nitrogen and oxygen atoms in total. The number of Topliss-reactive ketones (excluding diaryl/α,β-unsaturated/α-hetero) is 1. The van der Waals surface area contributed by atoms with Gasteiger partial charge in [0.15, 0.2) is 5.78 Å². The summed E-state index contributed by atoms with van der Waals surface area (Å²) < 4.78 is 5.60. The molecule has 0 fully saturated rings. The second-order valence-corrected chi connectivity index (χ2v) is 5.90. The SMILES string of the molecule is C[C@@H](Sc1nnc(-c2ccccc2)o1)C(=O)c1cccnc1. The molecule has 1 aromatic carbocycles. The van der Waals surface area contributed by atoms with Crippen molar-refractivity contribution in [3.8, 4) is 11.5 Å². The average molecular weight is 311 g/mol. The Hall–Kier alpha value is -2.47. The van der Waals surface area contributed by atoms with Gasteiger partial charge in [0.25, 0.3) is 5.22 Å². The second kappa shape index (κ2) is 6.53. The largest absolute Gasteiger partial charge is 0.411 e. The Morgan fingerprint density at radius 2 is 1.95 bits per heavy atom. The highest BCUT2D eigenvalue weighted by Crippen LogP contribution is 2.27. The van der Waals surface area contributed by atoms with Gasteiger partial charge in [-0.15, -0.1) is 10.2 Å². The van der Waals surface area contributed by atoms with E-state index in [2.05, 4.69) is 15.2 Å². The zero-order valence-electron chi connectivity index (χ0n) is 11.8. The van der Waals surface area contributed by atoms with Gasteiger partial charge in [0, 0.05) is 23.5 Å². The zero-order chi connectivity index (χ0) is 15.4. The van der Waals surface area contributed by atoms with E-state index < -0.39 is 0 Å². The fraction of sp³-hybridized carbons (Fsp3) is 0.125. The van der Waals surface area contributed by atoms with Gasteiger partial charge in [-0.25, -0.2) is 0 Å². The van der Waals surface area contributed by atoms with E-state index in [-0.39, 0.29) is 11.0 Å². The average Bonchev–Trinajstić information content (AvgIpc) is 3.04. The van der Waals surface area contributed by atoms with Gasteiger partial charge in [0.2, 0.25) is 5.89 Å². The Bertz CT molecular complexity index is 759. The number of hydrogen-bond acceptors (Lipinski definition) is 6. The summed E-state index contributed by atoms with van der Waals surface area (Å²) in [6, 6.07) is 13.0. The summed E-state index contributed by atoms with van der Waals surface area (Å²) in [5.41, 5.74) is 1.43. The summed E-state index contributed by atoms with van der Waals surface area (Å²) in [5.74, 6) is 0.432. The molecule has 0 radical (unpaired) electrons. The van der Waals surface area contributed by atoms with Gasteiger partial charge in [-0.1, -0.05) is 30.0 Å². The summed E-state index contributed by atoms with van der Waals surface area (Å²) in [6.45, 7) is 1.81. The van der Waals surface area contributed by atoms with E-state index in [1.165, 1.54) is 11.8 Å². The fourth-order valence-corrected chi connectivity index (χ4v) is 2.66. The minimum atomic E-state index is -0.326. The van der Waals surface area contributed by atoms with Crippen molar-refractivity contribution < 1.29 is 9.21 Å². The van der Waals surface area contributed by atoms with Crippen molar-refractivity contribution in [2.45, 2.75) is 17.4 Å². The van der Waals surface area contributed by atoms with Crippen molar-refractivity contribution in [1.82, 2.24) is 15.2 Å². The molecule has 0 aliphatic carbocycles. The molecule has 2 aromatic heterocycles. The van der Waals surface area contributed by atoms with Crippen LogP contribution in [0.25, 0.3) is 11.5 Å². The predicted molar refractivity (Wildman–Crippen MR) is 83.6 cm³/mol. The fourth-order valence-electron chi connectivity index (χ4n) is 1.90. The second-order valence-electron chi connectivity index (χ2n) is 4.61. The van der Waals surface area contributed by atoms with Crippen LogP contribution in [0, 0.1) is 0 Å². The number of aromatic nitrogens is 3. The minimum Gasteiger partial charge on any atom is -0.411 e. The Labute approximate surface area is 131 Å².